The van der Waals surface area contributed by atoms with Gasteiger partial charge in [-0.05, 0) is 42.5 Å². The van der Waals surface area contributed by atoms with Crippen molar-refractivity contribution in [2.75, 3.05) is 11.5 Å². The molecule has 0 radical (unpaired) electrons. The summed E-state index contributed by atoms with van der Waals surface area (Å²) in [4.78, 5) is 1.37. The Morgan fingerprint density at radius 2 is 1.61 bits per heavy atom. The molecule has 0 unspecified atom stereocenters. The lowest BCUT2D eigenvalue weighted by atomic mass is 10.1. The molecule has 0 N–H and O–H groups in total. The molecule has 0 amide bonds. The number of halogens is 1. The maximum atomic E-state index is 4.23. The van der Waals surface area contributed by atoms with E-state index in [0.29, 0.717) is 0 Å². The number of thioether (sulfide) groups is 1. The molecule has 102 valence electrons. The molecule has 0 atom stereocenters. The molecule has 0 bridgehead atoms. The molecule has 3 heteroatoms. The Labute approximate surface area is 130 Å². The third-order valence-electron chi connectivity index (χ3n) is 2.87. The van der Waals surface area contributed by atoms with Crippen molar-refractivity contribution in [1.29, 1.82) is 0 Å². The maximum absolute atomic E-state index is 4.23. The normalized spacial score (nSPS) is 10.8. The molecule has 0 saturated carbocycles. The zero-order chi connectivity index (χ0) is 13.1. The van der Waals surface area contributed by atoms with E-state index in [2.05, 4.69) is 52.8 Å². The van der Waals surface area contributed by atoms with Crippen molar-refractivity contribution >= 4 is 40.3 Å². The topological polar surface area (TPSA) is 0 Å². The van der Waals surface area contributed by atoms with Crippen molar-refractivity contribution in [2.24, 2.45) is 0 Å². The van der Waals surface area contributed by atoms with Crippen LogP contribution in [0.15, 0.2) is 33.6 Å². The van der Waals surface area contributed by atoms with Crippen LogP contribution in [0.5, 0.6) is 0 Å². The van der Waals surface area contributed by atoms with E-state index in [1.54, 1.807) is 0 Å². The van der Waals surface area contributed by atoms with Crippen molar-refractivity contribution in [2.45, 2.75) is 49.8 Å². The fourth-order valence-corrected chi connectivity index (χ4v) is 3.59. The standard InChI is InChI=1S/C15H23BrS2/c16-14-9-8-10-15(13-14)18-12-7-5-3-1-2-4-6-11-17/h8-10,13,17H,1-7,11-12H2. The molecule has 0 saturated heterocycles. The van der Waals surface area contributed by atoms with Crippen molar-refractivity contribution in [3.8, 4) is 0 Å². The van der Waals surface area contributed by atoms with Gasteiger partial charge in [0.2, 0.25) is 0 Å². The predicted octanol–water partition coefficient (Wildman–Crippen LogP) is 6.20. The van der Waals surface area contributed by atoms with Gasteiger partial charge in [0.05, 0.1) is 0 Å². The number of benzene rings is 1. The van der Waals surface area contributed by atoms with Crippen molar-refractivity contribution in [3.63, 3.8) is 0 Å². The number of hydrogen-bond donors (Lipinski definition) is 1. The van der Waals surface area contributed by atoms with Crippen LogP contribution in [0, 0.1) is 0 Å². The first-order valence-corrected chi connectivity index (χ1v) is 9.23. The summed E-state index contributed by atoms with van der Waals surface area (Å²) in [5.41, 5.74) is 0. The second-order valence-electron chi connectivity index (χ2n) is 4.50. The van der Waals surface area contributed by atoms with E-state index in [1.807, 2.05) is 11.8 Å². The van der Waals surface area contributed by atoms with Gasteiger partial charge in [-0.1, -0.05) is 54.1 Å². The van der Waals surface area contributed by atoms with Gasteiger partial charge in [-0.2, -0.15) is 12.6 Å². The van der Waals surface area contributed by atoms with Crippen LogP contribution in [-0.4, -0.2) is 11.5 Å². The molecule has 0 fully saturated rings. The molecular weight excluding hydrogens is 324 g/mol. The summed E-state index contributed by atoms with van der Waals surface area (Å²) < 4.78 is 1.18. The quantitative estimate of drug-likeness (QED) is 0.299. The Balaban J connectivity index is 1.92. The Kier molecular flexibility index (Phi) is 10.3. The second kappa shape index (κ2) is 11.2. The molecule has 0 spiro atoms. The summed E-state index contributed by atoms with van der Waals surface area (Å²) in [7, 11) is 0. The van der Waals surface area contributed by atoms with Crippen molar-refractivity contribution in [3.05, 3.63) is 28.7 Å². The molecule has 0 heterocycles. The molecule has 1 aromatic carbocycles. The smallest absolute Gasteiger partial charge is 0.0186 e. The summed E-state index contributed by atoms with van der Waals surface area (Å²) >= 11 is 9.70. The molecule has 18 heavy (non-hydrogen) atoms. The number of thiol groups is 1. The van der Waals surface area contributed by atoms with Crippen molar-refractivity contribution in [1.82, 2.24) is 0 Å². The summed E-state index contributed by atoms with van der Waals surface area (Å²) in [6, 6.07) is 8.57. The Morgan fingerprint density at radius 1 is 0.944 bits per heavy atom. The highest BCUT2D eigenvalue weighted by Crippen LogP contribution is 2.23. The lowest BCUT2D eigenvalue weighted by Crippen LogP contribution is -1.84. The molecule has 0 nitrogen and oxygen atoms in total. The summed E-state index contributed by atoms with van der Waals surface area (Å²) in [6.07, 6.45) is 9.53. The Morgan fingerprint density at radius 3 is 2.28 bits per heavy atom. The lowest BCUT2D eigenvalue weighted by molar-refractivity contribution is 0.605. The highest BCUT2D eigenvalue weighted by Gasteiger charge is 1.96. The maximum Gasteiger partial charge on any atom is 0.0186 e. The number of unbranched alkanes of at least 4 members (excludes halogenated alkanes) is 6. The summed E-state index contributed by atoms with van der Waals surface area (Å²) in [5.74, 6) is 2.29. The van der Waals surface area contributed by atoms with Crippen LogP contribution in [0.2, 0.25) is 0 Å². The van der Waals surface area contributed by atoms with Gasteiger partial charge in [0.15, 0.2) is 0 Å². The van der Waals surface area contributed by atoms with Crippen LogP contribution in [-0.2, 0) is 0 Å². The fraction of sp³-hybridized carbons (Fsp3) is 0.600. The minimum Gasteiger partial charge on any atom is -0.179 e. The molecule has 0 aliphatic heterocycles. The second-order valence-corrected chi connectivity index (χ2v) is 7.04. The zero-order valence-corrected chi connectivity index (χ0v) is 14.2. The van der Waals surface area contributed by atoms with E-state index in [-0.39, 0.29) is 0 Å². The van der Waals surface area contributed by atoms with Gasteiger partial charge >= 0.3 is 0 Å². The highest BCUT2D eigenvalue weighted by molar-refractivity contribution is 9.10. The first-order chi connectivity index (χ1) is 8.83. The average molecular weight is 347 g/mol. The van der Waals surface area contributed by atoms with Gasteiger partial charge in [-0.3, -0.25) is 0 Å². The molecule has 1 aromatic rings. The molecule has 0 aliphatic carbocycles. The van der Waals surface area contributed by atoms with Gasteiger partial charge in [0.1, 0.15) is 0 Å². The SMILES string of the molecule is SCCCCCCCCCSc1cccc(Br)c1. The van der Waals surface area contributed by atoms with Crippen LogP contribution >= 0.6 is 40.3 Å². The minimum atomic E-state index is 1.04. The highest BCUT2D eigenvalue weighted by atomic mass is 79.9. The monoisotopic (exact) mass is 346 g/mol. The number of rotatable bonds is 10. The van der Waals surface area contributed by atoms with Gasteiger partial charge < -0.3 is 0 Å². The zero-order valence-electron chi connectivity index (χ0n) is 10.9. The Bertz CT molecular complexity index is 315. The van der Waals surface area contributed by atoms with Crippen molar-refractivity contribution < 1.29 is 0 Å². The number of hydrogen-bond acceptors (Lipinski definition) is 2. The first kappa shape index (κ1) is 16.5. The largest absolute Gasteiger partial charge is 0.179 e. The summed E-state index contributed by atoms with van der Waals surface area (Å²) in [6.45, 7) is 0. The third-order valence-corrected chi connectivity index (χ3v) is 4.76. The molecule has 1 rings (SSSR count). The van der Waals surface area contributed by atoms with Crippen LogP contribution in [0.25, 0.3) is 0 Å². The van der Waals surface area contributed by atoms with E-state index >= 15 is 0 Å². The Hall–Kier alpha value is 0.400. The van der Waals surface area contributed by atoms with E-state index in [9.17, 15) is 0 Å². The van der Waals surface area contributed by atoms with E-state index in [1.165, 1.54) is 60.1 Å². The molecule has 0 aromatic heterocycles. The van der Waals surface area contributed by atoms with Gasteiger partial charge in [0, 0.05) is 9.37 Å². The predicted molar refractivity (Wildman–Crippen MR) is 91.0 cm³/mol. The fourth-order valence-electron chi connectivity index (χ4n) is 1.84. The molecular formula is C15H23BrS2. The van der Waals surface area contributed by atoms with Crippen LogP contribution in [0.1, 0.15) is 44.9 Å². The van der Waals surface area contributed by atoms with Gasteiger partial charge in [-0.15, -0.1) is 11.8 Å². The van der Waals surface area contributed by atoms with E-state index in [4.69, 9.17) is 0 Å². The van der Waals surface area contributed by atoms with Crippen LogP contribution in [0.3, 0.4) is 0 Å². The van der Waals surface area contributed by atoms with E-state index < -0.39 is 0 Å². The third kappa shape index (κ3) is 8.49. The summed E-state index contributed by atoms with van der Waals surface area (Å²) in [5, 5.41) is 0. The lowest BCUT2D eigenvalue weighted by Gasteiger charge is -2.03. The van der Waals surface area contributed by atoms with Gasteiger partial charge in [0.25, 0.3) is 0 Å². The van der Waals surface area contributed by atoms with Crippen LogP contribution in [0.4, 0.5) is 0 Å². The minimum absolute atomic E-state index is 1.04. The van der Waals surface area contributed by atoms with E-state index in [0.717, 1.165) is 5.75 Å². The molecule has 0 aliphatic rings. The first-order valence-electron chi connectivity index (χ1n) is 6.82. The van der Waals surface area contributed by atoms with Crippen LogP contribution < -0.4 is 0 Å². The average Bonchev–Trinajstić information content (AvgIpc) is 2.37. The van der Waals surface area contributed by atoms with Gasteiger partial charge in [-0.25, -0.2) is 0 Å².